The van der Waals surface area contributed by atoms with Crippen LogP contribution < -0.4 is 10.6 Å². The number of nitrogens with one attached hydrogen (secondary N) is 2. The Bertz CT molecular complexity index is 725. The van der Waals surface area contributed by atoms with E-state index in [0.29, 0.717) is 19.6 Å². The minimum Gasteiger partial charge on any atom is -0.466 e. The normalized spacial score (nSPS) is 11.7. The van der Waals surface area contributed by atoms with Gasteiger partial charge in [-0.3, -0.25) is 4.79 Å². The maximum absolute atomic E-state index is 12.3. The molecule has 1 aromatic heterocycles. The second-order valence-electron chi connectivity index (χ2n) is 5.96. The quantitative estimate of drug-likeness (QED) is 0.708. The van der Waals surface area contributed by atoms with Gasteiger partial charge in [0.2, 0.25) is 0 Å². The lowest BCUT2D eigenvalue weighted by Crippen LogP contribution is -2.33. The van der Waals surface area contributed by atoms with Crippen molar-refractivity contribution in [2.75, 3.05) is 11.9 Å². The molecule has 1 unspecified atom stereocenters. The van der Waals surface area contributed by atoms with Gasteiger partial charge in [-0.1, -0.05) is 24.6 Å². The van der Waals surface area contributed by atoms with Crippen molar-refractivity contribution in [3.05, 3.63) is 48.0 Å². The predicted molar refractivity (Wildman–Crippen MR) is 99.8 cm³/mol. The Morgan fingerprint density at radius 2 is 1.96 bits per heavy atom. The van der Waals surface area contributed by atoms with E-state index in [1.165, 1.54) is 0 Å². The van der Waals surface area contributed by atoms with Gasteiger partial charge in [-0.2, -0.15) is 0 Å². The standard InChI is InChI=1S/C19H26N4O3/c1-4-16(22-19(25)21-15-8-6-14(3)7-9-15)18-20-11-13-23(18)12-10-17(24)26-5-2/h6-9,11,13,16H,4-5,10,12H2,1-3H3,(H2,21,22,25). The monoisotopic (exact) mass is 358 g/mol. The maximum Gasteiger partial charge on any atom is 0.319 e. The van der Waals surface area contributed by atoms with Gasteiger partial charge in [-0.05, 0) is 32.4 Å². The molecule has 1 heterocycles. The Labute approximate surface area is 153 Å². The van der Waals surface area contributed by atoms with Gasteiger partial charge in [-0.15, -0.1) is 0 Å². The molecule has 0 saturated heterocycles. The molecule has 7 nitrogen and oxygen atoms in total. The Kier molecular flexibility index (Phi) is 7.20. The van der Waals surface area contributed by atoms with Gasteiger partial charge in [0.05, 0.1) is 19.1 Å². The number of nitrogens with zero attached hydrogens (tertiary/aromatic N) is 2. The number of benzene rings is 1. The van der Waals surface area contributed by atoms with Crippen molar-refractivity contribution < 1.29 is 14.3 Å². The van der Waals surface area contributed by atoms with Crippen LogP contribution in [0.1, 0.15) is 44.1 Å². The zero-order valence-electron chi connectivity index (χ0n) is 15.5. The third kappa shape index (κ3) is 5.61. The molecule has 0 saturated carbocycles. The SMILES string of the molecule is CCOC(=O)CCn1ccnc1C(CC)NC(=O)Nc1ccc(C)cc1. The summed E-state index contributed by atoms with van der Waals surface area (Å²) in [6.07, 6.45) is 4.42. The number of aryl methyl sites for hydroxylation is 2. The second-order valence-corrected chi connectivity index (χ2v) is 5.96. The first-order chi connectivity index (χ1) is 12.5. The summed E-state index contributed by atoms with van der Waals surface area (Å²) < 4.78 is 6.83. The maximum atomic E-state index is 12.3. The fourth-order valence-corrected chi connectivity index (χ4v) is 2.58. The summed E-state index contributed by atoms with van der Waals surface area (Å²) in [6.45, 7) is 6.58. The first-order valence-electron chi connectivity index (χ1n) is 8.84. The lowest BCUT2D eigenvalue weighted by molar-refractivity contribution is -0.143. The van der Waals surface area contributed by atoms with Gasteiger partial charge in [0, 0.05) is 24.6 Å². The first-order valence-corrected chi connectivity index (χ1v) is 8.84. The lowest BCUT2D eigenvalue weighted by Gasteiger charge is -2.18. The summed E-state index contributed by atoms with van der Waals surface area (Å²) in [5.41, 5.74) is 1.86. The molecule has 0 radical (unpaired) electrons. The largest absolute Gasteiger partial charge is 0.466 e. The highest BCUT2D eigenvalue weighted by molar-refractivity contribution is 5.89. The molecule has 7 heteroatoms. The molecule has 2 aromatic rings. The van der Waals surface area contributed by atoms with E-state index in [0.717, 1.165) is 17.1 Å². The van der Waals surface area contributed by atoms with E-state index in [1.807, 2.05) is 42.7 Å². The summed E-state index contributed by atoms with van der Waals surface area (Å²) in [5.74, 6) is 0.473. The van der Waals surface area contributed by atoms with E-state index in [4.69, 9.17) is 4.74 Å². The van der Waals surface area contributed by atoms with Crippen LogP contribution in [0.25, 0.3) is 0 Å². The molecule has 0 spiro atoms. The zero-order chi connectivity index (χ0) is 18.9. The summed E-state index contributed by atoms with van der Waals surface area (Å²) >= 11 is 0. The molecule has 0 fully saturated rings. The van der Waals surface area contributed by atoms with Crippen LogP contribution in [-0.2, 0) is 16.1 Å². The Morgan fingerprint density at radius 3 is 2.62 bits per heavy atom. The molecular formula is C19H26N4O3. The van der Waals surface area contributed by atoms with Crippen molar-refractivity contribution in [2.24, 2.45) is 0 Å². The molecule has 0 bridgehead atoms. The third-order valence-electron chi connectivity index (χ3n) is 3.94. The van der Waals surface area contributed by atoms with Gasteiger partial charge in [0.15, 0.2) is 0 Å². The van der Waals surface area contributed by atoms with Crippen LogP contribution in [0.15, 0.2) is 36.7 Å². The number of carbonyl (C=O) groups is 2. The van der Waals surface area contributed by atoms with Gasteiger partial charge in [0.25, 0.3) is 0 Å². The van der Waals surface area contributed by atoms with Crippen molar-refractivity contribution >= 4 is 17.7 Å². The van der Waals surface area contributed by atoms with Crippen molar-refractivity contribution in [2.45, 2.75) is 46.2 Å². The molecule has 2 rings (SSSR count). The van der Waals surface area contributed by atoms with Crippen LogP contribution >= 0.6 is 0 Å². The van der Waals surface area contributed by atoms with E-state index in [1.54, 1.807) is 19.3 Å². The van der Waals surface area contributed by atoms with Crippen molar-refractivity contribution in [1.29, 1.82) is 0 Å². The number of urea groups is 1. The van der Waals surface area contributed by atoms with Crippen LogP contribution in [0, 0.1) is 6.92 Å². The molecule has 0 aliphatic heterocycles. The van der Waals surface area contributed by atoms with Crippen LogP contribution in [0.2, 0.25) is 0 Å². The summed E-state index contributed by atoms with van der Waals surface area (Å²) in [7, 11) is 0. The number of imidazole rings is 1. The number of anilines is 1. The summed E-state index contributed by atoms with van der Waals surface area (Å²) in [6, 6.07) is 7.05. The minimum absolute atomic E-state index is 0.245. The molecule has 140 valence electrons. The number of carbonyl (C=O) groups excluding carboxylic acids is 2. The Balaban J connectivity index is 1.97. The number of hydrogen-bond donors (Lipinski definition) is 2. The highest BCUT2D eigenvalue weighted by Crippen LogP contribution is 2.16. The Hall–Kier alpha value is -2.83. The number of esters is 1. The molecule has 0 aliphatic carbocycles. The number of hydrogen-bond acceptors (Lipinski definition) is 4. The average molecular weight is 358 g/mol. The van der Waals surface area contributed by atoms with Gasteiger partial charge in [0.1, 0.15) is 5.82 Å². The van der Waals surface area contributed by atoms with E-state index >= 15 is 0 Å². The predicted octanol–water partition coefficient (Wildman–Crippen LogP) is 3.42. The smallest absolute Gasteiger partial charge is 0.319 e. The van der Waals surface area contributed by atoms with E-state index in [-0.39, 0.29) is 24.5 Å². The first kappa shape index (κ1) is 19.5. The van der Waals surface area contributed by atoms with Gasteiger partial charge < -0.3 is 19.9 Å². The lowest BCUT2D eigenvalue weighted by atomic mass is 10.2. The summed E-state index contributed by atoms with van der Waals surface area (Å²) in [5, 5.41) is 5.76. The number of aromatic nitrogens is 2. The van der Waals surface area contributed by atoms with E-state index < -0.39 is 0 Å². The fourth-order valence-electron chi connectivity index (χ4n) is 2.58. The average Bonchev–Trinajstić information content (AvgIpc) is 3.08. The van der Waals surface area contributed by atoms with Crippen LogP contribution in [0.4, 0.5) is 10.5 Å². The molecule has 1 atom stereocenters. The van der Waals surface area contributed by atoms with Crippen LogP contribution in [0.3, 0.4) is 0 Å². The molecular weight excluding hydrogens is 332 g/mol. The Morgan fingerprint density at radius 1 is 1.23 bits per heavy atom. The molecule has 1 aromatic carbocycles. The number of ether oxygens (including phenoxy) is 1. The van der Waals surface area contributed by atoms with Crippen LogP contribution in [-0.4, -0.2) is 28.2 Å². The topological polar surface area (TPSA) is 85.2 Å². The number of amides is 2. The molecule has 0 aliphatic rings. The van der Waals surface area contributed by atoms with Crippen molar-refractivity contribution in [1.82, 2.24) is 14.9 Å². The molecule has 26 heavy (non-hydrogen) atoms. The highest BCUT2D eigenvalue weighted by atomic mass is 16.5. The molecule has 2 amide bonds. The fraction of sp³-hybridized carbons (Fsp3) is 0.421. The summed E-state index contributed by atoms with van der Waals surface area (Å²) in [4.78, 5) is 28.2. The number of rotatable bonds is 8. The van der Waals surface area contributed by atoms with Crippen molar-refractivity contribution in [3.63, 3.8) is 0 Å². The van der Waals surface area contributed by atoms with Crippen LogP contribution in [0.5, 0.6) is 0 Å². The van der Waals surface area contributed by atoms with E-state index in [9.17, 15) is 9.59 Å². The molecule has 2 N–H and O–H groups in total. The zero-order valence-corrected chi connectivity index (χ0v) is 15.5. The van der Waals surface area contributed by atoms with E-state index in [2.05, 4.69) is 15.6 Å². The minimum atomic E-state index is -0.291. The van der Waals surface area contributed by atoms with Gasteiger partial charge in [-0.25, -0.2) is 9.78 Å². The van der Waals surface area contributed by atoms with Gasteiger partial charge >= 0.3 is 12.0 Å². The third-order valence-corrected chi connectivity index (χ3v) is 3.94. The second kappa shape index (κ2) is 9.60. The highest BCUT2D eigenvalue weighted by Gasteiger charge is 2.18. The van der Waals surface area contributed by atoms with Crippen molar-refractivity contribution in [3.8, 4) is 0 Å².